The van der Waals surface area contributed by atoms with E-state index in [-0.39, 0.29) is 12.7 Å². The predicted molar refractivity (Wildman–Crippen MR) is 91.0 cm³/mol. The van der Waals surface area contributed by atoms with Gasteiger partial charge in [-0.1, -0.05) is 54.6 Å². The largest absolute Gasteiger partial charge is 0.394 e. The molecule has 1 heterocycles. The van der Waals surface area contributed by atoms with Crippen molar-refractivity contribution in [1.29, 1.82) is 0 Å². The smallest absolute Gasteiger partial charge is 0.109 e. The van der Waals surface area contributed by atoms with Crippen LogP contribution >= 0.6 is 0 Å². The highest BCUT2D eigenvalue weighted by molar-refractivity contribution is 5.77. The number of fused-ring (bicyclic) bond motifs is 3. The molecule has 1 aromatic heterocycles. The molecule has 3 heteroatoms. The Kier molecular flexibility index (Phi) is 5.14. The van der Waals surface area contributed by atoms with E-state index in [2.05, 4.69) is 29.2 Å². The van der Waals surface area contributed by atoms with Crippen LogP contribution in [0.3, 0.4) is 0 Å². The Morgan fingerprint density at radius 2 is 1.35 bits per heavy atom. The average Bonchev–Trinajstić information content (AvgIpc) is 2.96. The van der Waals surface area contributed by atoms with Crippen LogP contribution in [0, 0.1) is 0 Å². The first kappa shape index (κ1) is 15.4. The fourth-order valence-electron chi connectivity index (χ4n) is 2.77. The Labute approximate surface area is 136 Å². The van der Waals surface area contributed by atoms with Crippen LogP contribution in [0.1, 0.15) is 17.2 Å². The van der Waals surface area contributed by atoms with Gasteiger partial charge >= 0.3 is 0 Å². The zero-order chi connectivity index (χ0) is 15.9. The molecule has 0 unspecified atom stereocenters. The molecule has 116 valence electrons. The first-order chi connectivity index (χ1) is 11.4. The minimum Gasteiger partial charge on any atom is -0.394 e. The van der Waals surface area contributed by atoms with Gasteiger partial charge in [0.2, 0.25) is 0 Å². The molecule has 1 aliphatic rings. The van der Waals surface area contributed by atoms with Crippen LogP contribution in [-0.2, 0) is 4.74 Å². The van der Waals surface area contributed by atoms with Crippen molar-refractivity contribution in [2.45, 2.75) is 6.10 Å². The third-order valence-electron chi connectivity index (χ3n) is 3.72. The van der Waals surface area contributed by atoms with Gasteiger partial charge < -0.3 is 9.84 Å². The highest BCUT2D eigenvalue weighted by Gasteiger charge is 2.28. The summed E-state index contributed by atoms with van der Waals surface area (Å²) in [7, 11) is 0. The fraction of sp³-hybridized carbons (Fsp3) is 0.150. The minimum absolute atomic E-state index is 0.0328. The fourth-order valence-corrected chi connectivity index (χ4v) is 2.77. The van der Waals surface area contributed by atoms with Gasteiger partial charge in [0.1, 0.15) is 6.10 Å². The number of nitrogens with zero attached hydrogens (tertiary/aromatic N) is 1. The third-order valence-corrected chi connectivity index (χ3v) is 3.72. The molecule has 0 aliphatic heterocycles. The van der Waals surface area contributed by atoms with Crippen molar-refractivity contribution in [3.05, 3.63) is 90.3 Å². The van der Waals surface area contributed by atoms with Crippen LogP contribution in [-0.4, -0.2) is 23.3 Å². The lowest BCUT2D eigenvalue weighted by atomic mass is 10.1. The lowest BCUT2D eigenvalue weighted by molar-refractivity contribution is 0.0524. The van der Waals surface area contributed by atoms with E-state index in [1.807, 2.05) is 42.5 Å². The first-order valence-corrected chi connectivity index (χ1v) is 7.67. The average molecular weight is 305 g/mol. The molecule has 0 radical (unpaired) electrons. The predicted octanol–water partition coefficient (Wildman–Crippen LogP) is 3.85. The number of hydrogen-bond acceptors (Lipinski definition) is 3. The number of ether oxygens (including phenoxy) is 1. The Balaban J connectivity index is 0.000000220. The first-order valence-electron chi connectivity index (χ1n) is 7.67. The van der Waals surface area contributed by atoms with Gasteiger partial charge in [0.25, 0.3) is 0 Å². The number of aromatic nitrogens is 1. The van der Waals surface area contributed by atoms with Gasteiger partial charge in [0, 0.05) is 12.4 Å². The lowest BCUT2D eigenvalue weighted by Gasteiger charge is -2.13. The molecule has 3 nitrogen and oxygen atoms in total. The summed E-state index contributed by atoms with van der Waals surface area (Å²) in [6.45, 7) is 0.425. The van der Waals surface area contributed by atoms with Crippen LogP contribution < -0.4 is 0 Å². The van der Waals surface area contributed by atoms with Crippen LogP contribution in [0.2, 0.25) is 0 Å². The number of pyridine rings is 1. The van der Waals surface area contributed by atoms with E-state index >= 15 is 0 Å². The number of benzene rings is 2. The second-order valence-electron chi connectivity index (χ2n) is 5.17. The topological polar surface area (TPSA) is 42.4 Å². The van der Waals surface area contributed by atoms with Gasteiger partial charge in [-0.25, -0.2) is 0 Å². The number of aliphatic hydroxyl groups is 1. The van der Waals surface area contributed by atoms with E-state index in [9.17, 15) is 0 Å². The van der Waals surface area contributed by atoms with Gasteiger partial charge in [-0.2, -0.15) is 0 Å². The molecule has 0 amide bonds. The Hall–Kier alpha value is -2.49. The van der Waals surface area contributed by atoms with Crippen molar-refractivity contribution < 1.29 is 9.84 Å². The van der Waals surface area contributed by atoms with Crippen molar-refractivity contribution >= 4 is 0 Å². The van der Waals surface area contributed by atoms with Crippen molar-refractivity contribution in [3.8, 4) is 11.1 Å². The minimum atomic E-state index is -0.0328. The van der Waals surface area contributed by atoms with Crippen molar-refractivity contribution in [3.63, 3.8) is 0 Å². The summed E-state index contributed by atoms with van der Waals surface area (Å²) < 4.78 is 5.76. The maximum absolute atomic E-state index is 8.90. The number of rotatable bonds is 3. The Morgan fingerprint density at radius 3 is 1.78 bits per heavy atom. The summed E-state index contributed by atoms with van der Waals surface area (Å²) in [4.78, 5) is 3.78. The molecular weight excluding hydrogens is 286 g/mol. The van der Waals surface area contributed by atoms with Gasteiger partial charge in [0.05, 0.1) is 13.2 Å². The van der Waals surface area contributed by atoms with Gasteiger partial charge in [-0.15, -0.1) is 0 Å². The van der Waals surface area contributed by atoms with Gasteiger partial charge in [-0.3, -0.25) is 4.98 Å². The summed E-state index contributed by atoms with van der Waals surface area (Å²) in [5, 5.41) is 8.90. The van der Waals surface area contributed by atoms with Crippen molar-refractivity contribution in [2.24, 2.45) is 0 Å². The molecule has 1 N–H and O–H groups in total. The highest BCUT2D eigenvalue weighted by Crippen LogP contribution is 2.44. The van der Waals surface area contributed by atoms with E-state index in [0.717, 1.165) is 0 Å². The van der Waals surface area contributed by atoms with E-state index in [0.29, 0.717) is 6.61 Å². The third kappa shape index (κ3) is 3.47. The number of hydrogen-bond donors (Lipinski definition) is 1. The molecule has 0 fully saturated rings. The summed E-state index contributed by atoms with van der Waals surface area (Å²) in [5.41, 5.74) is 4.88. The Bertz CT molecular complexity index is 671. The van der Waals surface area contributed by atoms with E-state index in [4.69, 9.17) is 9.84 Å². The molecular formula is C20H19NO2. The number of aliphatic hydroxyl groups excluding tert-OH is 1. The van der Waals surface area contributed by atoms with Crippen LogP contribution in [0.4, 0.5) is 0 Å². The monoisotopic (exact) mass is 305 g/mol. The molecule has 0 spiro atoms. The molecule has 0 atom stereocenters. The summed E-state index contributed by atoms with van der Waals surface area (Å²) in [6.07, 6.45) is 3.47. The molecule has 0 saturated carbocycles. The summed E-state index contributed by atoms with van der Waals surface area (Å²) in [6, 6.07) is 22.3. The maximum Gasteiger partial charge on any atom is 0.109 e. The molecule has 2 aromatic carbocycles. The standard InChI is InChI=1S/C15H14O2.C5H5N/c16-9-10-17-15-13-7-3-1-5-11(13)12-6-2-4-8-14(12)15;1-2-4-6-5-3-1/h1-8,15-16H,9-10H2;1-5H. The molecule has 1 aliphatic carbocycles. The summed E-state index contributed by atoms with van der Waals surface area (Å²) in [5.74, 6) is 0. The molecule has 23 heavy (non-hydrogen) atoms. The zero-order valence-electron chi connectivity index (χ0n) is 12.8. The zero-order valence-corrected chi connectivity index (χ0v) is 12.8. The van der Waals surface area contributed by atoms with E-state index < -0.39 is 0 Å². The molecule has 4 rings (SSSR count). The maximum atomic E-state index is 8.90. The SMILES string of the molecule is OCCOC1c2ccccc2-c2ccccc21.c1ccncc1. The van der Waals surface area contributed by atoms with Crippen LogP contribution in [0.5, 0.6) is 0 Å². The second kappa shape index (κ2) is 7.68. The van der Waals surface area contributed by atoms with Crippen molar-refractivity contribution in [1.82, 2.24) is 4.98 Å². The molecule has 0 bridgehead atoms. The highest BCUT2D eigenvalue weighted by atomic mass is 16.5. The normalized spacial score (nSPS) is 12.0. The molecule has 0 saturated heterocycles. The molecule has 3 aromatic rings. The van der Waals surface area contributed by atoms with Crippen LogP contribution in [0.15, 0.2) is 79.1 Å². The quantitative estimate of drug-likeness (QED) is 0.799. The van der Waals surface area contributed by atoms with Gasteiger partial charge in [-0.05, 0) is 34.4 Å². The van der Waals surface area contributed by atoms with Gasteiger partial charge in [0.15, 0.2) is 0 Å². The Morgan fingerprint density at radius 1 is 0.783 bits per heavy atom. The van der Waals surface area contributed by atoms with Crippen LogP contribution in [0.25, 0.3) is 11.1 Å². The lowest BCUT2D eigenvalue weighted by Crippen LogP contribution is -2.06. The summed E-state index contributed by atoms with van der Waals surface area (Å²) >= 11 is 0. The van der Waals surface area contributed by atoms with E-state index in [1.54, 1.807) is 12.4 Å². The van der Waals surface area contributed by atoms with Crippen molar-refractivity contribution in [2.75, 3.05) is 13.2 Å². The second-order valence-corrected chi connectivity index (χ2v) is 5.17. The van der Waals surface area contributed by atoms with E-state index in [1.165, 1.54) is 22.3 Å².